The Hall–Kier alpha value is -2.41. The summed E-state index contributed by atoms with van der Waals surface area (Å²) in [6, 6.07) is 14.1. The van der Waals surface area contributed by atoms with Gasteiger partial charge in [0.15, 0.2) is 0 Å². The number of nitrogens with zero attached hydrogens (tertiary/aromatic N) is 4. The molecule has 0 aliphatic carbocycles. The molecular formula is C17H20N4. The van der Waals surface area contributed by atoms with Crippen molar-refractivity contribution >= 4 is 5.95 Å². The molecule has 0 aliphatic rings. The SMILES string of the molecule is CCN(Cc1ccccc1)c1nc(C#N)cc(C(C)C)n1. The highest BCUT2D eigenvalue weighted by atomic mass is 15.2. The Kier molecular flexibility index (Phi) is 4.89. The highest BCUT2D eigenvalue weighted by Crippen LogP contribution is 2.18. The van der Waals surface area contributed by atoms with Crippen LogP contribution >= 0.6 is 0 Å². The Bertz CT molecular complexity index is 629. The van der Waals surface area contributed by atoms with Gasteiger partial charge in [-0.1, -0.05) is 44.2 Å². The fourth-order valence-corrected chi connectivity index (χ4v) is 2.08. The summed E-state index contributed by atoms with van der Waals surface area (Å²) in [7, 11) is 0. The van der Waals surface area contributed by atoms with Crippen LogP contribution in [0.2, 0.25) is 0 Å². The number of aromatic nitrogens is 2. The molecule has 0 amide bonds. The first-order chi connectivity index (χ1) is 10.1. The van der Waals surface area contributed by atoms with Gasteiger partial charge in [-0.05, 0) is 24.5 Å². The van der Waals surface area contributed by atoms with E-state index in [1.165, 1.54) is 5.56 Å². The summed E-state index contributed by atoms with van der Waals surface area (Å²) in [5, 5.41) is 9.15. The minimum absolute atomic E-state index is 0.272. The van der Waals surface area contributed by atoms with Crippen LogP contribution in [0.15, 0.2) is 36.4 Å². The van der Waals surface area contributed by atoms with Gasteiger partial charge in [-0.3, -0.25) is 0 Å². The highest BCUT2D eigenvalue weighted by molar-refractivity contribution is 5.38. The Morgan fingerprint density at radius 3 is 2.48 bits per heavy atom. The van der Waals surface area contributed by atoms with E-state index in [1.807, 2.05) is 18.2 Å². The van der Waals surface area contributed by atoms with Gasteiger partial charge in [-0.2, -0.15) is 5.26 Å². The summed E-state index contributed by atoms with van der Waals surface area (Å²) in [6.45, 7) is 7.74. The molecule has 0 unspecified atom stereocenters. The topological polar surface area (TPSA) is 52.8 Å². The van der Waals surface area contributed by atoms with Crippen molar-refractivity contribution in [1.29, 1.82) is 5.26 Å². The van der Waals surface area contributed by atoms with Gasteiger partial charge in [0.1, 0.15) is 11.8 Å². The number of benzene rings is 1. The van der Waals surface area contributed by atoms with Crippen LogP contribution in [0.4, 0.5) is 5.95 Å². The molecular weight excluding hydrogens is 260 g/mol. The maximum Gasteiger partial charge on any atom is 0.227 e. The maximum absolute atomic E-state index is 9.15. The van der Waals surface area contributed by atoms with Crippen molar-refractivity contribution in [2.24, 2.45) is 0 Å². The lowest BCUT2D eigenvalue weighted by atomic mass is 10.1. The first kappa shape index (κ1) is 15.0. The van der Waals surface area contributed by atoms with Crippen LogP contribution in [0.5, 0.6) is 0 Å². The van der Waals surface area contributed by atoms with E-state index in [0.717, 1.165) is 18.8 Å². The number of anilines is 1. The van der Waals surface area contributed by atoms with Gasteiger partial charge in [0.05, 0.1) is 0 Å². The monoisotopic (exact) mass is 280 g/mol. The van der Waals surface area contributed by atoms with Gasteiger partial charge in [0.2, 0.25) is 5.95 Å². The van der Waals surface area contributed by atoms with E-state index >= 15 is 0 Å². The summed E-state index contributed by atoms with van der Waals surface area (Å²) in [6.07, 6.45) is 0. The quantitative estimate of drug-likeness (QED) is 0.841. The smallest absolute Gasteiger partial charge is 0.227 e. The van der Waals surface area contributed by atoms with Crippen molar-refractivity contribution in [1.82, 2.24) is 9.97 Å². The van der Waals surface area contributed by atoms with Crippen LogP contribution in [0.1, 0.15) is 43.6 Å². The van der Waals surface area contributed by atoms with E-state index in [4.69, 9.17) is 5.26 Å². The zero-order chi connectivity index (χ0) is 15.2. The van der Waals surface area contributed by atoms with Crippen LogP contribution in [0.25, 0.3) is 0 Å². The van der Waals surface area contributed by atoms with Crippen LogP contribution in [-0.4, -0.2) is 16.5 Å². The summed E-state index contributed by atoms with van der Waals surface area (Å²) in [4.78, 5) is 11.1. The molecule has 0 saturated carbocycles. The highest BCUT2D eigenvalue weighted by Gasteiger charge is 2.13. The Balaban J connectivity index is 2.33. The average Bonchev–Trinajstić information content (AvgIpc) is 2.53. The van der Waals surface area contributed by atoms with Gasteiger partial charge in [0.25, 0.3) is 0 Å². The molecule has 0 aliphatic heterocycles. The molecule has 0 atom stereocenters. The largest absolute Gasteiger partial charge is 0.337 e. The lowest BCUT2D eigenvalue weighted by Gasteiger charge is -2.22. The molecule has 4 nitrogen and oxygen atoms in total. The Morgan fingerprint density at radius 1 is 1.19 bits per heavy atom. The normalized spacial score (nSPS) is 10.4. The van der Waals surface area contributed by atoms with Crippen molar-refractivity contribution in [3.8, 4) is 6.07 Å². The molecule has 0 radical (unpaired) electrons. The number of nitriles is 1. The zero-order valence-corrected chi connectivity index (χ0v) is 12.7. The van der Waals surface area contributed by atoms with Crippen molar-refractivity contribution < 1.29 is 0 Å². The van der Waals surface area contributed by atoms with Gasteiger partial charge in [0, 0.05) is 18.8 Å². The summed E-state index contributed by atoms with van der Waals surface area (Å²) >= 11 is 0. The van der Waals surface area contributed by atoms with E-state index in [9.17, 15) is 0 Å². The molecule has 0 N–H and O–H groups in total. The molecule has 21 heavy (non-hydrogen) atoms. The maximum atomic E-state index is 9.15. The van der Waals surface area contributed by atoms with Crippen LogP contribution in [0.3, 0.4) is 0 Å². The molecule has 1 aromatic heterocycles. The van der Waals surface area contributed by atoms with E-state index in [-0.39, 0.29) is 5.92 Å². The minimum Gasteiger partial charge on any atom is -0.337 e. The standard InChI is InChI=1S/C17H20N4/c1-4-21(12-14-8-6-5-7-9-14)17-19-15(11-18)10-16(20-17)13(2)3/h5-10,13H,4,12H2,1-3H3. The van der Waals surface area contributed by atoms with Crippen molar-refractivity contribution in [3.63, 3.8) is 0 Å². The van der Waals surface area contributed by atoms with E-state index in [1.54, 1.807) is 6.07 Å². The van der Waals surface area contributed by atoms with Crippen molar-refractivity contribution in [2.75, 3.05) is 11.4 Å². The van der Waals surface area contributed by atoms with Crippen molar-refractivity contribution in [2.45, 2.75) is 33.2 Å². The molecule has 2 rings (SSSR count). The third kappa shape index (κ3) is 3.79. The van der Waals surface area contributed by atoms with Gasteiger partial charge in [-0.15, -0.1) is 0 Å². The fourth-order valence-electron chi connectivity index (χ4n) is 2.08. The lowest BCUT2D eigenvalue weighted by molar-refractivity contribution is 0.756. The van der Waals surface area contributed by atoms with E-state index < -0.39 is 0 Å². The molecule has 4 heteroatoms. The molecule has 0 saturated heterocycles. The van der Waals surface area contributed by atoms with E-state index in [2.05, 4.69) is 53.8 Å². The number of hydrogen-bond acceptors (Lipinski definition) is 4. The molecule has 2 aromatic rings. The predicted octanol–water partition coefficient (Wildman–Crippen LogP) is 3.50. The van der Waals surface area contributed by atoms with E-state index in [0.29, 0.717) is 11.6 Å². The van der Waals surface area contributed by atoms with Crippen LogP contribution in [0, 0.1) is 11.3 Å². The molecule has 1 heterocycles. The summed E-state index contributed by atoms with van der Waals surface area (Å²) in [5.41, 5.74) is 2.54. The van der Waals surface area contributed by atoms with Gasteiger partial charge in [-0.25, -0.2) is 9.97 Å². The molecule has 0 fully saturated rings. The second kappa shape index (κ2) is 6.85. The average molecular weight is 280 g/mol. The number of rotatable bonds is 5. The Morgan fingerprint density at radius 2 is 1.90 bits per heavy atom. The molecule has 0 bridgehead atoms. The zero-order valence-electron chi connectivity index (χ0n) is 12.7. The summed E-state index contributed by atoms with van der Waals surface area (Å²) < 4.78 is 0. The van der Waals surface area contributed by atoms with Crippen LogP contribution < -0.4 is 4.90 Å². The predicted molar refractivity (Wildman–Crippen MR) is 84.0 cm³/mol. The number of hydrogen-bond donors (Lipinski definition) is 0. The van der Waals surface area contributed by atoms with Crippen molar-refractivity contribution in [3.05, 3.63) is 53.3 Å². The lowest BCUT2D eigenvalue weighted by Crippen LogP contribution is -2.25. The first-order valence-electron chi connectivity index (χ1n) is 7.22. The van der Waals surface area contributed by atoms with Gasteiger partial charge < -0.3 is 4.90 Å². The second-order valence-corrected chi connectivity index (χ2v) is 5.24. The third-order valence-electron chi connectivity index (χ3n) is 3.32. The Labute approximate surface area is 126 Å². The second-order valence-electron chi connectivity index (χ2n) is 5.24. The third-order valence-corrected chi connectivity index (χ3v) is 3.32. The molecule has 0 spiro atoms. The fraction of sp³-hybridized carbons (Fsp3) is 0.353. The summed E-state index contributed by atoms with van der Waals surface area (Å²) in [5.74, 6) is 0.901. The van der Waals surface area contributed by atoms with Crippen LogP contribution in [-0.2, 0) is 6.54 Å². The molecule has 1 aromatic carbocycles. The molecule has 108 valence electrons. The first-order valence-corrected chi connectivity index (χ1v) is 7.22. The minimum atomic E-state index is 0.272. The van der Waals surface area contributed by atoms with Gasteiger partial charge >= 0.3 is 0 Å².